The number of hydrogen-bond acceptors (Lipinski definition) is 4. The molecule has 5 rings (SSSR count). The van der Waals surface area contributed by atoms with Crippen LogP contribution in [-0.4, -0.2) is 39.3 Å². The third-order valence-electron chi connectivity index (χ3n) is 6.70. The van der Waals surface area contributed by atoms with Crippen LogP contribution in [0.5, 0.6) is 0 Å². The van der Waals surface area contributed by atoms with Gasteiger partial charge in [0.05, 0.1) is 0 Å². The van der Waals surface area contributed by atoms with Crippen LogP contribution in [-0.2, 0) is 25.8 Å². The maximum Gasteiger partial charge on any atom is 0.165 e. The molecule has 4 nitrogen and oxygen atoms in total. The average molecular weight is 441 g/mol. The minimum atomic E-state index is 0.531. The Morgan fingerprint density at radius 2 is 1.90 bits per heavy atom. The molecule has 4 heterocycles. The smallest absolute Gasteiger partial charge is 0.165 e. The van der Waals surface area contributed by atoms with E-state index in [1.54, 1.807) is 0 Å². The van der Waals surface area contributed by atoms with Crippen molar-refractivity contribution >= 4 is 22.9 Å². The molecule has 0 unspecified atom stereocenters. The number of benzene rings is 1. The number of halogens is 1. The number of aryl methyl sites for hydroxylation is 2. The van der Waals surface area contributed by atoms with Crippen LogP contribution in [0.3, 0.4) is 0 Å². The molecule has 0 aliphatic carbocycles. The minimum Gasteiger partial charge on any atom is -0.311 e. The molecule has 0 bridgehead atoms. The van der Waals surface area contributed by atoms with Crippen molar-refractivity contribution in [3.63, 3.8) is 0 Å². The second-order valence-electron chi connectivity index (χ2n) is 8.54. The Bertz CT molecular complexity index is 999. The molecule has 3 aromatic rings. The van der Waals surface area contributed by atoms with Gasteiger partial charge in [-0.2, -0.15) is 0 Å². The molecule has 1 aromatic carbocycles. The van der Waals surface area contributed by atoms with E-state index in [1.165, 1.54) is 53.1 Å². The quantitative estimate of drug-likeness (QED) is 0.518. The van der Waals surface area contributed by atoms with Crippen LogP contribution < -0.4 is 0 Å². The summed E-state index contributed by atoms with van der Waals surface area (Å²) >= 11 is 7.91. The Morgan fingerprint density at radius 3 is 2.67 bits per heavy atom. The predicted octanol–water partition coefficient (Wildman–Crippen LogP) is 5.59. The summed E-state index contributed by atoms with van der Waals surface area (Å²) in [5.41, 5.74) is 4.19. The molecule has 30 heavy (non-hydrogen) atoms. The standard InChI is InChI=1S/C24H29ClN4S/c1-2-18-16-30-21-4-3-12-29-23(26-27-24(29)22(18)21)19-10-14-28(15-11-19)13-9-17-5-7-20(25)8-6-17/h5-8,16,19H,2-4,9-15H2,1H3. The normalized spacial score (nSPS) is 17.5. The zero-order chi connectivity index (χ0) is 20.5. The van der Waals surface area contributed by atoms with Crippen molar-refractivity contribution in [2.75, 3.05) is 19.6 Å². The molecule has 0 amide bonds. The second kappa shape index (κ2) is 8.81. The lowest BCUT2D eigenvalue weighted by Crippen LogP contribution is -2.35. The fourth-order valence-electron chi connectivity index (χ4n) is 4.92. The van der Waals surface area contributed by atoms with E-state index in [2.05, 4.69) is 33.9 Å². The first kappa shape index (κ1) is 20.2. The van der Waals surface area contributed by atoms with E-state index in [0.717, 1.165) is 49.9 Å². The van der Waals surface area contributed by atoms with Crippen LogP contribution in [0.15, 0.2) is 29.6 Å². The molecular formula is C24H29ClN4S. The molecule has 0 atom stereocenters. The van der Waals surface area contributed by atoms with Gasteiger partial charge >= 0.3 is 0 Å². The van der Waals surface area contributed by atoms with Crippen LogP contribution >= 0.6 is 22.9 Å². The van der Waals surface area contributed by atoms with Crippen molar-refractivity contribution in [1.29, 1.82) is 0 Å². The topological polar surface area (TPSA) is 34.0 Å². The fourth-order valence-corrected chi connectivity index (χ4v) is 6.22. The van der Waals surface area contributed by atoms with Crippen molar-refractivity contribution in [2.24, 2.45) is 0 Å². The Labute approximate surface area is 187 Å². The fraction of sp³-hybridized carbons (Fsp3) is 0.500. The lowest BCUT2D eigenvalue weighted by molar-refractivity contribution is 0.209. The molecule has 2 aromatic heterocycles. The van der Waals surface area contributed by atoms with Crippen LogP contribution in [0, 0.1) is 0 Å². The van der Waals surface area contributed by atoms with Crippen molar-refractivity contribution in [3.05, 3.63) is 56.5 Å². The van der Waals surface area contributed by atoms with Gasteiger partial charge in [-0.3, -0.25) is 0 Å². The van der Waals surface area contributed by atoms with Crippen molar-refractivity contribution < 1.29 is 0 Å². The first-order valence-electron chi connectivity index (χ1n) is 11.2. The predicted molar refractivity (Wildman–Crippen MR) is 125 cm³/mol. The van der Waals surface area contributed by atoms with Crippen molar-refractivity contribution in [3.8, 4) is 11.4 Å². The van der Waals surface area contributed by atoms with Crippen LogP contribution in [0.1, 0.15) is 53.9 Å². The number of hydrogen-bond donors (Lipinski definition) is 0. The SMILES string of the molecule is CCc1csc2c1-c1nnc(C3CCN(CCc4ccc(Cl)cc4)CC3)n1CCC2. The van der Waals surface area contributed by atoms with Gasteiger partial charge in [0.2, 0.25) is 0 Å². The Kier molecular flexibility index (Phi) is 5.94. The van der Waals surface area contributed by atoms with E-state index in [-0.39, 0.29) is 0 Å². The molecule has 0 N–H and O–H groups in total. The van der Waals surface area contributed by atoms with Gasteiger partial charge in [0.25, 0.3) is 0 Å². The maximum absolute atomic E-state index is 6.00. The molecule has 0 saturated carbocycles. The molecular weight excluding hydrogens is 412 g/mol. The van der Waals surface area contributed by atoms with Gasteiger partial charge in [-0.05, 0) is 80.3 Å². The van der Waals surface area contributed by atoms with Gasteiger partial charge in [0.1, 0.15) is 5.82 Å². The summed E-state index contributed by atoms with van der Waals surface area (Å²) in [6.45, 7) is 6.70. The molecule has 158 valence electrons. The van der Waals surface area contributed by atoms with E-state index >= 15 is 0 Å². The van der Waals surface area contributed by atoms with Gasteiger partial charge in [-0.15, -0.1) is 21.5 Å². The number of thiophene rings is 1. The summed E-state index contributed by atoms with van der Waals surface area (Å²) in [5, 5.41) is 12.6. The van der Waals surface area contributed by atoms with Crippen molar-refractivity contribution in [1.82, 2.24) is 19.7 Å². The largest absolute Gasteiger partial charge is 0.311 e. The number of likely N-dealkylation sites (tertiary alicyclic amines) is 1. The van der Waals surface area contributed by atoms with Gasteiger partial charge in [0.15, 0.2) is 5.82 Å². The number of piperidine rings is 1. The summed E-state index contributed by atoms with van der Waals surface area (Å²) in [6, 6.07) is 8.26. The van der Waals surface area contributed by atoms with Gasteiger partial charge in [0, 0.05) is 34.5 Å². The highest BCUT2D eigenvalue weighted by Crippen LogP contribution is 2.38. The van der Waals surface area contributed by atoms with E-state index in [4.69, 9.17) is 21.8 Å². The van der Waals surface area contributed by atoms with Crippen molar-refractivity contribution in [2.45, 2.75) is 57.9 Å². The first-order valence-corrected chi connectivity index (χ1v) is 12.5. The molecule has 6 heteroatoms. The lowest BCUT2D eigenvalue weighted by Gasteiger charge is -2.31. The first-order chi connectivity index (χ1) is 14.7. The Morgan fingerprint density at radius 1 is 1.10 bits per heavy atom. The monoisotopic (exact) mass is 440 g/mol. The van der Waals surface area contributed by atoms with Crippen LogP contribution in [0.25, 0.3) is 11.4 Å². The van der Waals surface area contributed by atoms with E-state index in [0.29, 0.717) is 5.92 Å². The molecule has 1 fully saturated rings. The van der Waals surface area contributed by atoms with E-state index < -0.39 is 0 Å². The number of aromatic nitrogens is 3. The molecule has 2 aliphatic heterocycles. The average Bonchev–Trinajstić information content (AvgIpc) is 3.33. The zero-order valence-electron chi connectivity index (χ0n) is 17.6. The molecule has 0 spiro atoms. The van der Waals surface area contributed by atoms with Gasteiger partial charge in [-0.25, -0.2) is 0 Å². The van der Waals surface area contributed by atoms with Crippen LogP contribution in [0.4, 0.5) is 0 Å². The van der Waals surface area contributed by atoms with Gasteiger partial charge in [-0.1, -0.05) is 30.7 Å². The maximum atomic E-state index is 6.00. The number of rotatable bonds is 5. The minimum absolute atomic E-state index is 0.531. The van der Waals surface area contributed by atoms with Gasteiger partial charge < -0.3 is 9.47 Å². The van der Waals surface area contributed by atoms with E-state index in [1.807, 2.05) is 23.5 Å². The third-order valence-corrected chi connectivity index (χ3v) is 8.04. The summed E-state index contributed by atoms with van der Waals surface area (Å²) in [6.07, 6.45) is 6.87. The Hall–Kier alpha value is -1.69. The highest BCUT2D eigenvalue weighted by molar-refractivity contribution is 7.10. The lowest BCUT2D eigenvalue weighted by atomic mass is 9.95. The number of fused-ring (bicyclic) bond motifs is 3. The molecule has 2 aliphatic rings. The molecule has 1 saturated heterocycles. The zero-order valence-corrected chi connectivity index (χ0v) is 19.2. The second-order valence-corrected chi connectivity index (χ2v) is 9.94. The summed E-state index contributed by atoms with van der Waals surface area (Å²) in [5.74, 6) is 2.88. The summed E-state index contributed by atoms with van der Waals surface area (Å²) in [7, 11) is 0. The van der Waals surface area contributed by atoms with Crippen LogP contribution in [0.2, 0.25) is 5.02 Å². The Balaban J connectivity index is 1.26. The summed E-state index contributed by atoms with van der Waals surface area (Å²) < 4.78 is 2.45. The highest BCUT2D eigenvalue weighted by atomic mass is 35.5. The molecule has 0 radical (unpaired) electrons. The highest BCUT2D eigenvalue weighted by Gasteiger charge is 2.29. The number of nitrogens with zero attached hydrogens (tertiary/aromatic N) is 4. The third kappa shape index (κ3) is 3.95. The van der Waals surface area contributed by atoms with E-state index in [9.17, 15) is 0 Å². The summed E-state index contributed by atoms with van der Waals surface area (Å²) in [4.78, 5) is 4.10.